The van der Waals surface area contributed by atoms with Gasteiger partial charge in [0.05, 0.1) is 20.4 Å². The van der Waals surface area contributed by atoms with Crippen LogP contribution in [0.4, 0.5) is 0 Å². The van der Waals surface area contributed by atoms with E-state index in [-0.39, 0.29) is 19.1 Å². The smallest absolute Gasteiger partial charge is 0.329 e. The van der Waals surface area contributed by atoms with Gasteiger partial charge < -0.3 is 24.8 Å². The number of carbonyl (C=O) groups excluding carboxylic acids is 3. The zero-order chi connectivity index (χ0) is 26.5. The Bertz CT molecular complexity index is 1230. The molecule has 0 spiro atoms. The zero-order valence-corrected chi connectivity index (χ0v) is 20.5. The molecule has 3 N–H and O–H groups in total. The van der Waals surface area contributed by atoms with Crippen LogP contribution in [0.15, 0.2) is 77.9 Å². The van der Waals surface area contributed by atoms with E-state index in [4.69, 9.17) is 14.2 Å². The van der Waals surface area contributed by atoms with Crippen molar-refractivity contribution in [2.45, 2.75) is 13.1 Å². The first kappa shape index (κ1) is 26.7. The summed E-state index contributed by atoms with van der Waals surface area (Å²) in [7, 11) is 3.03. The van der Waals surface area contributed by atoms with E-state index in [2.05, 4.69) is 21.2 Å². The van der Waals surface area contributed by atoms with E-state index in [1.54, 1.807) is 49.6 Å². The number of hydrogen-bond acceptors (Lipinski definition) is 7. The summed E-state index contributed by atoms with van der Waals surface area (Å²) in [5, 5.41) is 9.11. The zero-order valence-electron chi connectivity index (χ0n) is 20.5. The van der Waals surface area contributed by atoms with Crippen LogP contribution in [0.5, 0.6) is 17.2 Å². The van der Waals surface area contributed by atoms with E-state index < -0.39 is 11.8 Å². The lowest BCUT2D eigenvalue weighted by Gasteiger charge is -2.11. The Labute approximate surface area is 214 Å². The summed E-state index contributed by atoms with van der Waals surface area (Å²) in [6.07, 6.45) is 1.35. The Hall–Kier alpha value is -4.86. The van der Waals surface area contributed by atoms with Crippen LogP contribution in [0.1, 0.15) is 16.7 Å². The van der Waals surface area contributed by atoms with Crippen LogP contribution in [0.2, 0.25) is 0 Å². The molecular weight excluding hydrogens is 476 g/mol. The summed E-state index contributed by atoms with van der Waals surface area (Å²) in [6.45, 7) is 0.405. The fraction of sp³-hybridized carbons (Fsp3) is 0.185. The molecule has 192 valence electrons. The minimum absolute atomic E-state index is 0.182. The predicted molar refractivity (Wildman–Crippen MR) is 137 cm³/mol. The van der Waals surface area contributed by atoms with Crippen LogP contribution in [0.25, 0.3) is 0 Å². The lowest BCUT2D eigenvalue weighted by atomic mass is 10.2. The molecule has 10 nitrogen and oxygen atoms in total. The Balaban J connectivity index is 1.44. The number of amides is 3. The summed E-state index contributed by atoms with van der Waals surface area (Å²) in [6, 6.07) is 21.5. The van der Waals surface area contributed by atoms with E-state index >= 15 is 0 Å². The first-order valence-corrected chi connectivity index (χ1v) is 11.3. The molecule has 0 radical (unpaired) electrons. The fourth-order valence-electron chi connectivity index (χ4n) is 3.10. The van der Waals surface area contributed by atoms with E-state index in [9.17, 15) is 14.4 Å². The second-order valence-electron chi connectivity index (χ2n) is 7.69. The van der Waals surface area contributed by atoms with E-state index in [0.29, 0.717) is 29.4 Å². The van der Waals surface area contributed by atoms with Gasteiger partial charge in [0.25, 0.3) is 5.91 Å². The Morgan fingerprint density at radius 1 is 0.784 bits per heavy atom. The Morgan fingerprint density at radius 2 is 1.49 bits per heavy atom. The molecule has 0 heterocycles. The first-order valence-electron chi connectivity index (χ1n) is 11.3. The molecule has 3 aromatic carbocycles. The number of rotatable bonds is 11. The molecule has 3 rings (SSSR count). The van der Waals surface area contributed by atoms with Crippen LogP contribution in [-0.2, 0) is 27.5 Å². The van der Waals surface area contributed by atoms with Gasteiger partial charge in [0.15, 0.2) is 18.1 Å². The molecular formula is C27H28N4O6. The highest BCUT2D eigenvalue weighted by Crippen LogP contribution is 2.27. The highest BCUT2D eigenvalue weighted by Gasteiger charge is 2.12. The maximum atomic E-state index is 12.1. The third kappa shape index (κ3) is 8.70. The maximum absolute atomic E-state index is 12.1. The largest absolute Gasteiger partial charge is 0.497 e. The average molecular weight is 505 g/mol. The molecule has 0 aliphatic heterocycles. The third-order valence-electron chi connectivity index (χ3n) is 5.08. The van der Waals surface area contributed by atoms with Gasteiger partial charge in [-0.05, 0) is 47.0 Å². The lowest BCUT2D eigenvalue weighted by molar-refractivity contribution is -0.139. The molecule has 37 heavy (non-hydrogen) atoms. The van der Waals surface area contributed by atoms with Crippen LogP contribution < -0.4 is 30.3 Å². The summed E-state index contributed by atoms with van der Waals surface area (Å²) >= 11 is 0. The molecule has 0 aromatic heterocycles. The van der Waals surface area contributed by atoms with Crippen molar-refractivity contribution >= 4 is 23.9 Å². The molecule has 0 fully saturated rings. The van der Waals surface area contributed by atoms with Crippen LogP contribution in [0, 0.1) is 0 Å². The van der Waals surface area contributed by atoms with E-state index in [0.717, 1.165) is 11.1 Å². The number of nitrogens with one attached hydrogen (secondary N) is 3. The number of methoxy groups -OCH3 is 2. The molecule has 3 aromatic rings. The minimum Gasteiger partial charge on any atom is -0.497 e. The monoisotopic (exact) mass is 504 g/mol. The van der Waals surface area contributed by atoms with Crippen molar-refractivity contribution in [3.05, 3.63) is 89.5 Å². The number of nitrogens with zero attached hydrogens (tertiary/aromatic N) is 1. The van der Waals surface area contributed by atoms with Gasteiger partial charge in [0, 0.05) is 13.1 Å². The van der Waals surface area contributed by atoms with Gasteiger partial charge in [-0.25, -0.2) is 5.43 Å². The van der Waals surface area contributed by atoms with Crippen molar-refractivity contribution in [1.29, 1.82) is 0 Å². The molecule has 0 saturated heterocycles. The molecule has 0 bridgehead atoms. The van der Waals surface area contributed by atoms with Gasteiger partial charge in [-0.15, -0.1) is 0 Å². The highest BCUT2D eigenvalue weighted by molar-refractivity contribution is 6.35. The van der Waals surface area contributed by atoms with Gasteiger partial charge in [-0.1, -0.05) is 42.5 Å². The van der Waals surface area contributed by atoms with Crippen molar-refractivity contribution in [2.24, 2.45) is 5.10 Å². The number of hydrazone groups is 1. The lowest BCUT2D eigenvalue weighted by Crippen LogP contribution is -2.37. The summed E-state index contributed by atoms with van der Waals surface area (Å²) in [5.41, 5.74) is 4.56. The van der Waals surface area contributed by atoms with Crippen molar-refractivity contribution < 1.29 is 28.6 Å². The summed E-state index contributed by atoms with van der Waals surface area (Å²) in [4.78, 5) is 36.1. The standard InChI is InChI=1S/C27H28N4O6/c1-35-22-11-8-20(9-12-22)16-29-26(33)27(34)31-30-17-21-10-13-23(24(14-21)36-2)37-18-25(32)28-15-19-6-4-3-5-7-19/h3-14,17H,15-16,18H2,1-2H3,(H,28,32)(H,29,33)(H,31,34)/b30-17-. The van der Waals surface area contributed by atoms with Gasteiger partial charge >= 0.3 is 11.8 Å². The quantitative estimate of drug-likeness (QED) is 0.209. The molecule has 3 amide bonds. The normalized spacial score (nSPS) is 10.4. The molecule has 0 atom stereocenters. The van der Waals surface area contributed by atoms with Crippen molar-refractivity contribution in [1.82, 2.24) is 16.1 Å². The van der Waals surface area contributed by atoms with Crippen molar-refractivity contribution in [2.75, 3.05) is 20.8 Å². The first-order chi connectivity index (χ1) is 18.0. The van der Waals surface area contributed by atoms with Gasteiger partial charge in [0.2, 0.25) is 0 Å². The minimum atomic E-state index is -0.904. The van der Waals surface area contributed by atoms with E-state index in [1.165, 1.54) is 13.3 Å². The molecule has 0 aliphatic carbocycles. The van der Waals surface area contributed by atoms with Gasteiger partial charge in [-0.3, -0.25) is 14.4 Å². The number of hydrogen-bond donors (Lipinski definition) is 3. The van der Waals surface area contributed by atoms with Crippen LogP contribution in [-0.4, -0.2) is 44.8 Å². The summed E-state index contributed by atoms with van der Waals surface area (Å²) in [5.74, 6) is -0.551. The Kier molecular flexibility index (Phi) is 10.0. The molecule has 0 aliphatic rings. The van der Waals surface area contributed by atoms with Gasteiger partial charge in [0.1, 0.15) is 5.75 Å². The topological polar surface area (TPSA) is 127 Å². The predicted octanol–water partition coefficient (Wildman–Crippen LogP) is 2.17. The highest BCUT2D eigenvalue weighted by atomic mass is 16.5. The second-order valence-corrected chi connectivity index (χ2v) is 7.69. The molecule has 10 heteroatoms. The molecule has 0 saturated carbocycles. The third-order valence-corrected chi connectivity index (χ3v) is 5.08. The average Bonchev–Trinajstić information content (AvgIpc) is 2.94. The molecule has 0 unspecified atom stereocenters. The summed E-state index contributed by atoms with van der Waals surface area (Å²) < 4.78 is 16.0. The number of benzene rings is 3. The van der Waals surface area contributed by atoms with Crippen LogP contribution in [0.3, 0.4) is 0 Å². The van der Waals surface area contributed by atoms with Crippen molar-refractivity contribution in [3.8, 4) is 17.2 Å². The van der Waals surface area contributed by atoms with Crippen LogP contribution >= 0.6 is 0 Å². The van der Waals surface area contributed by atoms with Gasteiger partial charge in [-0.2, -0.15) is 5.10 Å². The van der Waals surface area contributed by atoms with E-state index in [1.807, 2.05) is 30.3 Å². The SMILES string of the molecule is COc1ccc(CNC(=O)C(=O)N/N=C\c2ccc(OCC(=O)NCc3ccccc3)c(OC)c2)cc1. The maximum Gasteiger partial charge on any atom is 0.329 e. The Morgan fingerprint density at radius 3 is 2.19 bits per heavy atom. The fourth-order valence-corrected chi connectivity index (χ4v) is 3.10. The second kappa shape index (κ2) is 13.9. The van der Waals surface area contributed by atoms with Crippen molar-refractivity contribution in [3.63, 3.8) is 0 Å². The number of ether oxygens (including phenoxy) is 3. The number of carbonyl (C=O) groups is 3.